The molecule has 0 aliphatic carbocycles. The van der Waals surface area contributed by atoms with Crippen LogP contribution in [0.3, 0.4) is 0 Å². The van der Waals surface area contributed by atoms with E-state index in [2.05, 4.69) is 10.3 Å². The van der Waals surface area contributed by atoms with Gasteiger partial charge < -0.3 is 15.8 Å². The van der Waals surface area contributed by atoms with Crippen LogP contribution in [0.15, 0.2) is 59.6 Å². The highest BCUT2D eigenvalue weighted by Crippen LogP contribution is 2.17. The van der Waals surface area contributed by atoms with E-state index >= 15 is 0 Å². The highest BCUT2D eigenvalue weighted by molar-refractivity contribution is 14.0. The van der Waals surface area contributed by atoms with Crippen molar-refractivity contribution < 1.29 is 4.74 Å². The number of nitrogens with one attached hydrogen (secondary N) is 1. The van der Waals surface area contributed by atoms with Gasteiger partial charge in [0.05, 0.1) is 7.11 Å². The first-order valence-electron chi connectivity index (χ1n) is 6.53. The van der Waals surface area contributed by atoms with Crippen molar-refractivity contribution in [2.45, 2.75) is 6.42 Å². The summed E-state index contributed by atoms with van der Waals surface area (Å²) in [5.41, 5.74) is 7.92. The van der Waals surface area contributed by atoms with Gasteiger partial charge in [-0.25, -0.2) is 0 Å². The summed E-state index contributed by atoms with van der Waals surface area (Å²) in [6.45, 7) is 0.617. The maximum absolute atomic E-state index is 5.85. The molecular weight excluding hydrogens is 377 g/mol. The lowest BCUT2D eigenvalue weighted by atomic mass is 10.1. The molecule has 0 atom stereocenters. The number of benzene rings is 2. The molecule has 0 bridgehead atoms. The summed E-state index contributed by atoms with van der Waals surface area (Å²) in [5, 5.41) is 3.05. The van der Waals surface area contributed by atoms with E-state index in [1.165, 1.54) is 0 Å². The standard InChI is InChI=1S/C16H19N3O.HI/c1-20-15-10-6-5-7-13(15)11-12-18-16(17)19-14-8-3-2-4-9-14;/h2-10H,11-12H2,1H3,(H3,17,18,19);1H. The van der Waals surface area contributed by atoms with Crippen LogP contribution < -0.4 is 15.8 Å². The van der Waals surface area contributed by atoms with E-state index < -0.39 is 0 Å². The third-order valence-corrected chi connectivity index (χ3v) is 2.90. The van der Waals surface area contributed by atoms with Crippen molar-refractivity contribution in [3.05, 3.63) is 60.2 Å². The van der Waals surface area contributed by atoms with Gasteiger partial charge in [0.25, 0.3) is 0 Å². The molecule has 0 saturated heterocycles. The second-order valence-corrected chi connectivity index (χ2v) is 4.32. The fourth-order valence-electron chi connectivity index (χ4n) is 1.92. The molecular formula is C16H20IN3O. The minimum Gasteiger partial charge on any atom is -0.496 e. The van der Waals surface area contributed by atoms with Crippen molar-refractivity contribution in [2.24, 2.45) is 10.7 Å². The first kappa shape index (κ1) is 17.3. The molecule has 0 amide bonds. The Hall–Kier alpha value is -1.76. The zero-order valence-corrected chi connectivity index (χ0v) is 14.3. The van der Waals surface area contributed by atoms with E-state index in [9.17, 15) is 0 Å². The summed E-state index contributed by atoms with van der Waals surface area (Å²) in [4.78, 5) is 4.32. The third-order valence-electron chi connectivity index (χ3n) is 2.90. The molecule has 0 radical (unpaired) electrons. The van der Waals surface area contributed by atoms with Crippen LogP contribution in [0, 0.1) is 0 Å². The summed E-state index contributed by atoms with van der Waals surface area (Å²) in [7, 11) is 1.67. The molecule has 2 aromatic rings. The first-order chi connectivity index (χ1) is 9.79. The molecule has 5 heteroatoms. The number of guanidine groups is 1. The summed E-state index contributed by atoms with van der Waals surface area (Å²) in [5.74, 6) is 1.31. The van der Waals surface area contributed by atoms with Crippen LogP contribution in [0.2, 0.25) is 0 Å². The predicted octanol–water partition coefficient (Wildman–Crippen LogP) is 3.28. The SMILES string of the molecule is COc1ccccc1CCN=C(N)Nc1ccccc1.I. The van der Waals surface area contributed by atoms with Crippen molar-refractivity contribution in [1.29, 1.82) is 0 Å². The van der Waals surface area contributed by atoms with Crippen LogP contribution in [0.25, 0.3) is 0 Å². The molecule has 2 aromatic carbocycles. The molecule has 0 saturated carbocycles. The zero-order chi connectivity index (χ0) is 14.2. The number of ether oxygens (including phenoxy) is 1. The molecule has 4 nitrogen and oxygen atoms in total. The van der Waals surface area contributed by atoms with Gasteiger partial charge in [0.2, 0.25) is 0 Å². The molecule has 3 N–H and O–H groups in total. The first-order valence-corrected chi connectivity index (χ1v) is 6.53. The van der Waals surface area contributed by atoms with Gasteiger partial charge in [-0.3, -0.25) is 4.99 Å². The Morgan fingerprint density at radius 2 is 1.76 bits per heavy atom. The van der Waals surface area contributed by atoms with Gasteiger partial charge in [-0.15, -0.1) is 24.0 Å². The highest BCUT2D eigenvalue weighted by atomic mass is 127. The molecule has 0 fully saturated rings. The molecule has 2 rings (SSSR count). The lowest BCUT2D eigenvalue weighted by Crippen LogP contribution is -2.23. The van der Waals surface area contributed by atoms with Crippen molar-refractivity contribution in [2.75, 3.05) is 19.0 Å². The van der Waals surface area contributed by atoms with E-state index in [-0.39, 0.29) is 24.0 Å². The number of halogens is 1. The maximum atomic E-state index is 5.85. The van der Waals surface area contributed by atoms with Crippen LogP contribution in [-0.2, 0) is 6.42 Å². The monoisotopic (exact) mass is 397 g/mol. The maximum Gasteiger partial charge on any atom is 0.193 e. The lowest BCUT2D eigenvalue weighted by molar-refractivity contribution is 0.410. The largest absolute Gasteiger partial charge is 0.496 e. The lowest BCUT2D eigenvalue weighted by Gasteiger charge is -2.07. The number of anilines is 1. The van der Waals surface area contributed by atoms with E-state index in [1.807, 2.05) is 54.6 Å². The number of para-hydroxylation sites is 2. The van der Waals surface area contributed by atoms with Gasteiger partial charge in [-0.1, -0.05) is 36.4 Å². The number of nitrogens with zero attached hydrogens (tertiary/aromatic N) is 1. The number of methoxy groups -OCH3 is 1. The Kier molecular flexibility index (Phi) is 7.60. The quantitative estimate of drug-likeness (QED) is 0.463. The number of aliphatic imine (C=N–C) groups is 1. The average molecular weight is 397 g/mol. The Bertz CT molecular complexity index is 573. The topological polar surface area (TPSA) is 59.6 Å². The van der Waals surface area contributed by atoms with Gasteiger partial charge in [-0.2, -0.15) is 0 Å². The van der Waals surface area contributed by atoms with Crippen molar-refractivity contribution >= 4 is 35.6 Å². The molecule has 0 spiro atoms. The summed E-state index contributed by atoms with van der Waals surface area (Å²) in [6.07, 6.45) is 0.793. The predicted molar refractivity (Wildman–Crippen MR) is 98.7 cm³/mol. The number of hydrogen-bond acceptors (Lipinski definition) is 2. The Morgan fingerprint density at radius 3 is 2.48 bits per heavy atom. The van der Waals surface area contributed by atoms with E-state index in [4.69, 9.17) is 10.5 Å². The fourth-order valence-corrected chi connectivity index (χ4v) is 1.92. The van der Waals surface area contributed by atoms with Crippen molar-refractivity contribution in [3.8, 4) is 5.75 Å². The van der Waals surface area contributed by atoms with Gasteiger partial charge in [0.15, 0.2) is 5.96 Å². The highest BCUT2D eigenvalue weighted by Gasteiger charge is 2.00. The summed E-state index contributed by atoms with van der Waals surface area (Å²) < 4.78 is 5.30. The second-order valence-electron chi connectivity index (χ2n) is 4.32. The normalized spacial score (nSPS) is 10.6. The smallest absolute Gasteiger partial charge is 0.193 e. The minimum absolute atomic E-state index is 0. The minimum atomic E-state index is 0. The molecule has 21 heavy (non-hydrogen) atoms. The van der Waals surface area contributed by atoms with Crippen LogP contribution in [0.1, 0.15) is 5.56 Å². The molecule has 0 unspecified atom stereocenters. The van der Waals surface area contributed by atoms with Crippen molar-refractivity contribution in [1.82, 2.24) is 0 Å². The fraction of sp³-hybridized carbons (Fsp3) is 0.188. The third kappa shape index (κ3) is 5.63. The van der Waals surface area contributed by atoms with E-state index in [0.717, 1.165) is 23.4 Å². The summed E-state index contributed by atoms with van der Waals surface area (Å²) in [6, 6.07) is 17.7. The molecule has 0 aliphatic heterocycles. The molecule has 0 aromatic heterocycles. The van der Waals surface area contributed by atoms with Crippen molar-refractivity contribution in [3.63, 3.8) is 0 Å². The van der Waals surface area contributed by atoms with Crippen LogP contribution in [0.5, 0.6) is 5.75 Å². The Labute approximate surface area is 142 Å². The van der Waals surface area contributed by atoms with Gasteiger partial charge >= 0.3 is 0 Å². The molecule has 112 valence electrons. The van der Waals surface area contributed by atoms with Gasteiger partial charge in [0.1, 0.15) is 5.75 Å². The number of rotatable bonds is 5. The van der Waals surface area contributed by atoms with Gasteiger partial charge in [-0.05, 0) is 30.2 Å². The van der Waals surface area contributed by atoms with Crippen LogP contribution in [0.4, 0.5) is 5.69 Å². The zero-order valence-electron chi connectivity index (χ0n) is 12.0. The summed E-state index contributed by atoms with van der Waals surface area (Å²) >= 11 is 0. The Morgan fingerprint density at radius 1 is 1.10 bits per heavy atom. The van der Waals surface area contributed by atoms with Crippen LogP contribution >= 0.6 is 24.0 Å². The van der Waals surface area contributed by atoms with E-state index in [1.54, 1.807) is 7.11 Å². The van der Waals surface area contributed by atoms with Crippen LogP contribution in [-0.4, -0.2) is 19.6 Å². The second kappa shape index (κ2) is 9.23. The number of hydrogen-bond donors (Lipinski definition) is 2. The Balaban J connectivity index is 0.00000220. The molecule has 0 heterocycles. The van der Waals surface area contributed by atoms with Gasteiger partial charge in [0, 0.05) is 12.2 Å². The number of nitrogens with two attached hydrogens (primary N) is 1. The van der Waals surface area contributed by atoms with E-state index in [0.29, 0.717) is 12.5 Å². The molecule has 0 aliphatic rings. The average Bonchev–Trinajstić information content (AvgIpc) is 2.49.